The first-order chi connectivity index (χ1) is 6.23. The van der Waals surface area contributed by atoms with Crippen LogP contribution in [0.3, 0.4) is 0 Å². The van der Waals surface area contributed by atoms with Crippen molar-refractivity contribution in [1.82, 2.24) is 5.32 Å². The van der Waals surface area contributed by atoms with Gasteiger partial charge in [-0.3, -0.25) is 0 Å². The van der Waals surface area contributed by atoms with Gasteiger partial charge in [0.2, 0.25) is 0 Å². The van der Waals surface area contributed by atoms with Gasteiger partial charge in [-0.25, -0.2) is 0 Å². The fourth-order valence-corrected chi connectivity index (χ4v) is 1.88. The molecule has 1 aliphatic rings. The molecular formula is C10H21NO2. The van der Waals surface area contributed by atoms with Crippen LogP contribution in [0.15, 0.2) is 0 Å². The lowest BCUT2D eigenvalue weighted by molar-refractivity contribution is -0.0358. The molecule has 0 spiro atoms. The normalized spacial score (nSPS) is 30.7. The molecule has 1 rings (SSSR count). The van der Waals surface area contributed by atoms with Crippen molar-refractivity contribution in [3.8, 4) is 0 Å². The predicted molar refractivity (Wildman–Crippen MR) is 52.9 cm³/mol. The zero-order chi connectivity index (χ0) is 9.73. The maximum absolute atomic E-state index is 5.75. The SMILES string of the molecule is CCOCC(NC)C1(C)CCCO1. The van der Waals surface area contributed by atoms with E-state index in [-0.39, 0.29) is 5.60 Å². The van der Waals surface area contributed by atoms with Gasteiger partial charge in [-0.1, -0.05) is 0 Å². The smallest absolute Gasteiger partial charge is 0.0830 e. The van der Waals surface area contributed by atoms with Gasteiger partial charge in [-0.05, 0) is 33.7 Å². The van der Waals surface area contributed by atoms with Crippen LogP contribution in [0.5, 0.6) is 0 Å². The predicted octanol–water partition coefficient (Wildman–Crippen LogP) is 1.18. The summed E-state index contributed by atoms with van der Waals surface area (Å²) in [4.78, 5) is 0. The van der Waals surface area contributed by atoms with Crippen molar-refractivity contribution in [3.05, 3.63) is 0 Å². The highest BCUT2D eigenvalue weighted by atomic mass is 16.5. The molecule has 0 bridgehead atoms. The van der Waals surface area contributed by atoms with E-state index in [1.54, 1.807) is 0 Å². The topological polar surface area (TPSA) is 30.5 Å². The largest absolute Gasteiger partial charge is 0.380 e. The summed E-state index contributed by atoms with van der Waals surface area (Å²) in [5.41, 5.74) is -0.0239. The van der Waals surface area contributed by atoms with Crippen LogP contribution in [-0.4, -0.2) is 38.5 Å². The molecule has 78 valence electrons. The molecule has 2 atom stereocenters. The molecule has 1 fully saturated rings. The molecular weight excluding hydrogens is 166 g/mol. The number of rotatable bonds is 5. The lowest BCUT2D eigenvalue weighted by Gasteiger charge is -2.32. The Hall–Kier alpha value is -0.120. The van der Waals surface area contributed by atoms with E-state index in [1.807, 2.05) is 14.0 Å². The highest BCUT2D eigenvalue weighted by Gasteiger charge is 2.37. The zero-order valence-electron chi connectivity index (χ0n) is 8.93. The average Bonchev–Trinajstić information content (AvgIpc) is 2.54. The Balaban J connectivity index is 2.43. The Morgan fingerprint density at radius 1 is 1.62 bits per heavy atom. The lowest BCUT2D eigenvalue weighted by atomic mass is 9.94. The van der Waals surface area contributed by atoms with Gasteiger partial charge in [-0.2, -0.15) is 0 Å². The number of nitrogens with one attached hydrogen (secondary N) is 1. The second-order valence-electron chi connectivity index (χ2n) is 3.77. The average molecular weight is 187 g/mol. The first-order valence-corrected chi connectivity index (χ1v) is 5.12. The van der Waals surface area contributed by atoms with Gasteiger partial charge in [0.25, 0.3) is 0 Å². The molecule has 0 amide bonds. The van der Waals surface area contributed by atoms with E-state index in [9.17, 15) is 0 Å². The first-order valence-electron chi connectivity index (χ1n) is 5.12. The van der Waals surface area contributed by atoms with Crippen molar-refractivity contribution in [1.29, 1.82) is 0 Å². The summed E-state index contributed by atoms with van der Waals surface area (Å²) in [5.74, 6) is 0. The molecule has 0 aromatic heterocycles. The van der Waals surface area contributed by atoms with E-state index in [2.05, 4.69) is 12.2 Å². The molecule has 0 aromatic carbocycles. The Morgan fingerprint density at radius 3 is 2.85 bits per heavy atom. The van der Waals surface area contributed by atoms with Crippen LogP contribution in [0, 0.1) is 0 Å². The third kappa shape index (κ3) is 2.66. The molecule has 1 heterocycles. The third-order valence-corrected chi connectivity index (χ3v) is 2.82. The Kier molecular flexibility index (Phi) is 4.16. The lowest BCUT2D eigenvalue weighted by Crippen LogP contribution is -2.49. The number of likely N-dealkylation sites (N-methyl/N-ethyl adjacent to an activating group) is 1. The van der Waals surface area contributed by atoms with E-state index in [4.69, 9.17) is 9.47 Å². The molecule has 3 heteroatoms. The summed E-state index contributed by atoms with van der Waals surface area (Å²) in [6, 6.07) is 0.315. The van der Waals surface area contributed by atoms with Crippen LogP contribution in [0.25, 0.3) is 0 Å². The van der Waals surface area contributed by atoms with Crippen LogP contribution in [0.2, 0.25) is 0 Å². The van der Waals surface area contributed by atoms with E-state index < -0.39 is 0 Å². The minimum atomic E-state index is -0.0239. The Labute approximate surface area is 80.8 Å². The summed E-state index contributed by atoms with van der Waals surface area (Å²) >= 11 is 0. The highest BCUT2D eigenvalue weighted by molar-refractivity contribution is 4.91. The maximum atomic E-state index is 5.75. The van der Waals surface area contributed by atoms with Gasteiger partial charge < -0.3 is 14.8 Å². The van der Waals surface area contributed by atoms with Crippen molar-refractivity contribution in [2.24, 2.45) is 0 Å². The van der Waals surface area contributed by atoms with Gasteiger partial charge in [0.1, 0.15) is 0 Å². The van der Waals surface area contributed by atoms with Crippen molar-refractivity contribution in [2.75, 3.05) is 26.9 Å². The van der Waals surface area contributed by atoms with Crippen LogP contribution in [0.4, 0.5) is 0 Å². The third-order valence-electron chi connectivity index (χ3n) is 2.82. The van der Waals surface area contributed by atoms with E-state index in [1.165, 1.54) is 6.42 Å². The van der Waals surface area contributed by atoms with Gasteiger partial charge in [0.15, 0.2) is 0 Å². The van der Waals surface area contributed by atoms with Gasteiger partial charge in [-0.15, -0.1) is 0 Å². The number of ether oxygens (including phenoxy) is 2. The molecule has 3 nitrogen and oxygen atoms in total. The second kappa shape index (κ2) is 4.94. The standard InChI is InChI=1S/C10H21NO2/c1-4-12-8-9(11-3)10(2)6-5-7-13-10/h9,11H,4-8H2,1-3H3. The fraction of sp³-hybridized carbons (Fsp3) is 1.00. The molecule has 0 radical (unpaired) electrons. The summed E-state index contributed by atoms with van der Waals surface area (Å²) in [7, 11) is 1.97. The summed E-state index contributed by atoms with van der Waals surface area (Å²) in [6.45, 7) is 6.59. The zero-order valence-corrected chi connectivity index (χ0v) is 8.93. The summed E-state index contributed by atoms with van der Waals surface area (Å²) in [6.07, 6.45) is 2.30. The minimum Gasteiger partial charge on any atom is -0.380 e. The maximum Gasteiger partial charge on any atom is 0.0830 e. The Morgan fingerprint density at radius 2 is 2.38 bits per heavy atom. The summed E-state index contributed by atoms with van der Waals surface area (Å²) in [5, 5.41) is 3.27. The number of hydrogen-bond donors (Lipinski definition) is 1. The molecule has 1 saturated heterocycles. The summed E-state index contributed by atoms with van der Waals surface area (Å²) < 4.78 is 11.2. The van der Waals surface area contributed by atoms with Crippen molar-refractivity contribution in [3.63, 3.8) is 0 Å². The first kappa shape index (κ1) is 11.0. The molecule has 2 unspecified atom stereocenters. The molecule has 0 saturated carbocycles. The van der Waals surface area contributed by atoms with Crippen LogP contribution >= 0.6 is 0 Å². The van der Waals surface area contributed by atoms with Gasteiger partial charge >= 0.3 is 0 Å². The van der Waals surface area contributed by atoms with Crippen molar-refractivity contribution in [2.45, 2.75) is 38.3 Å². The fourth-order valence-electron chi connectivity index (χ4n) is 1.88. The van der Waals surface area contributed by atoms with Crippen LogP contribution in [0.1, 0.15) is 26.7 Å². The molecule has 1 N–H and O–H groups in total. The Bertz CT molecular complexity index is 144. The van der Waals surface area contributed by atoms with Crippen molar-refractivity contribution < 1.29 is 9.47 Å². The van der Waals surface area contributed by atoms with Crippen LogP contribution < -0.4 is 5.32 Å². The molecule has 0 aliphatic carbocycles. The quantitative estimate of drug-likeness (QED) is 0.701. The van der Waals surface area contributed by atoms with Gasteiger partial charge in [0.05, 0.1) is 18.2 Å². The second-order valence-corrected chi connectivity index (χ2v) is 3.77. The molecule has 0 aromatic rings. The molecule has 1 aliphatic heterocycles. The van der Waals surface area contributed by atoms with E-state index in [0.717, 1.165) is 26.2 Å². The van der Waals surface area contributed by atoms with Crippen LogP contribution in [-0.2, 0) is 9.47 Å². The molecule has 13 heavy (non-hydrogen) atoms. The number of hydrogen-bond acceptors (Lipinski definition) is 3. The van der Waals surface area contributed by atoms with E-state index >= 15 is 0 Å². The van der Waals surface area contributed by atoms with Crippen molar-refractivity contribution >= 4 is 0 Å². The van der Waals surface area contributed by atoms with Gasteiger partial charge in [0, 0.05) is 13.2 Å². The van der Waals surface area contributed by atoms with E-state index in [0.29, 0.717) is 6.04 Å². The minimum absolute atomic E-state index is 0.0239. The highest BCUT2D eigenvalue weighted by Crippen LogP contribution is 2.28. The monoisotopic (exact) mass is 187 g/mol.